The van der Waals surface area contributed by atoms with Gasteiger partial charge >= 0.3 is 0 Å². The van der Waals surface area contributed by atoms with Crippen molar-refractivity contribution in [3.05, 3.63) is 88.1 Å². The summed E-state index contributed by atoms with van der Waals surface area (Å²) in [6.45, 7) is 0. The van der Waals surface area contributed by atoms with E-state index >= 15 is 0 Å². The van der Waals surface area contributed by atoms with Crippen LogP contribution < -0.4 is 15.4 Å². The van der Waals surface area contributed by atoms with Gasteiger partial charge in [0.1, 0.15) is 0 Å². The largest absolute Gasteiger partial charge is 0.322 e. The van der Waals surface area contributed by atoms with Gasteiger partial charge in [0.05, 0.1) is 9.77 Å². The smallest absolute Gasteiger partial charge is 0.265 e. The molecule has 0 aliphatic rings. The summed E-state index contributed by atoms with van der Waals surface area (Å²) >= 11 is 2.52. The lowest BCUT2D eigenvalue weighted by Crippen LogP contribution is -2.14. The zero-order valence-corrected chi connectivity index (χ0v) is 18.8. The van der Waals surface area contributed by atoms with Crippen molar-refractivity contribution < 1.29 is 18.0 Å². The molecule has 0 radical (unpaired) electrons. The SMILES string of the molecule is O=C(Nc1ccc(S(=O)(=O)Nc2nccs2)cc1)c1ccc(NC(=O)c2cccs2)cc1. The minimum absolute atomic E-state index is 0.0523. The Morgan fingerprint density at radius 1 is 0.781 bits per heavy atom. The molecule has 3 N–H and O–H groups in total. The van der Waals surface area contributed by atoms with E-state index in [0.717, 1.165) is 0 Å². The molecule has 162 valence electrons. The maximum absolute atomic E-state index is 12.5. The first-order valence-electron chi connectivity index (χ1n) is 9.19. The predicted molar refractivity (Wildman–Crippen MR) is 126 cm³/mol. The molecule has 2 aromatic heterocycles. The summed E-state index contributed by atoms with van der Waals surface area (Å²) in [5.41, 5.74) is 1.40. The van der Waals surface area contributed by atoms with Gasteiger partial charge in [0.15, 0.2) is 5.13 Å². The van der Waals surface area contributed by atoms with Crippen molar-refractivity contribution in [3.8, 4) is 0 Å². The van der Waals surface area contributed by atoms with E-state index in [1.165, 1.54) is 53.1 Å². The average Bonchev–Trinajstić information content (AvgIpc) is 3.49. The van der Waals surface area contributed by atoms with Crippen LogP contribution in [-0.2, 0) is 10.0 Å². The summed E-state index contributed by atoms with van der Waals surface area (Å²) < 4.78 is 27.1. The highest BCUT2D eigenvalue weighted by molar-refractivity contribution is 7.93. The van der Waals surface area contributed by atoms with Crippen molar-refractivity contribution in [2.24, 2.45) is 0 Å². The third-order valence-corrected chi connectivity index (χ3v) is 7.27. The van der Waals surface area contributed by atoms with E-state index in [0.29, 0.717) is 21.8 Å². The fourth-order valence-corrected chi connectivity index (χ4v) is 5.08. The number of rotatable bonds is 7. The number of carbonyl (C=O) groups excluding carboxylic acids is 2. The summed E-state index contributed by atoms with van der Waals surface area (Å²) in [6, 6.07) is 15.8. The van der Waals surface area contributed by atoms with Crippen LogP contribution in [0.4, 0.5) is 16.5 Å². The van der Waals surface area contributed by atoms with E-state index in [9.17, 15) is 18.0 Å². The Kier molecular flexibility index (Phi) is 6.30. The lowest BCUT2D eigenvalue weighted by molar-refractivity contribution is 0.102. The third kappa shape index (κ3) is 5.19. The molecule has 2 aromatic carbocycles. The lowest BCUT2D eigenvalue weighted by Gasteiger charge is -2.09. The topological polar surface area (TPSA) is 117 Å². The van der Waals surface area contributed by atoms with Gasteiger partial charge in [0.2, 0.25) is 0 Å². The molecule has 0 atom stereocenters. The van der Waals surface area contributed by atoms with Crippen molar-refractivity contribution in [3.63, 3.8) is 0 Å². The zero-order chi connectivity index (χ0) is 22.6. The third-order valence-electron chi connectivity index (χ3n) is 4.23. The molecular formula is C21H16N4O4S3. The first-order chi connectivity index (χ1) is 15.4. The molecule has 0 saturated carbocycles. The lowest BCUT2D eigenvalue weighted by atomic mass is 10.2. The molecule has 0 spiro atoms. The average molecular weight is 485 g/mol. The number of sulfonamides is 1. The molecule has 8 nitrogen and oxygen atoms in total. The Morgan fingerprint density at radius 3 is 2.03 bits per heavy atom. The quantitative estimate of drug-likeness (QED) is 0.357. The van der Waals surface area contributed by atoms with E-state index in [4.69, 9.17) is 0 Å². The van der Waals surface area contributed by atoms with Crippen LogP contribution in [0.3, 0.4) is 0 Å². The van der Waals surface area contributed by atoms with Gasteiger partial charge in [-0.2, -0.15) is 0 Å². The second kappa shape index (κ2) is 9.30. The number of thiazole rings is 1. The van der Waals surface area contributed by atoms with Crippen molar-refractivity contribution in [2.75, 3.05) is 15.4 Å². The summed E-state index contributed by atoms with van der Waals surface area (Å²) in [5.74, 6) is -0.575. The fourth-order valence-electron chi connectivity index (χ4n) is 2.67. The van der Waals surface area contributed by atoms with E-state index in [1.807, 2.05) is 5.38 Å². The first-order valence-corrected chi connectivity index (χ1v) is 12.4. The second-order valence-electron chi connectivity index (χ2n) is 6.43. The molecule has 0 aliphatic carbocycles. The van der Waals surface area contributed by atoms with Crippen LogP contribution in [-0.4, -0.2) is 25.2 Å². The molecule has 0 bridgehead atoms. The molecule has 0 saturated heterocycles. The molecule has 4 rings (SSSR count). The van der Waals surface area contributed by atoms with Crippen LogP contribution in [0, 0.1) is 0 Å². The maximum Gasteiger partial charge on any atom is 0.265 e. The Hall–Kier alpha value is -3.54. The monoisotopic (exact) mass is 484 g/mol. The molecule has 4 aromatic rings. The summed E-state index contributed by atoms with van der Waals surface area (Å²) in [7, 11) is -3.76. The normalized spacial score (nSPS) is 11.0. The molecule has 0 aliphatic heterocycles. The molecular weight excluding hydrogens is 468 g/mol. The summed E-state index contributed by atoms with van der Waals surface area (Å²) in [5, 5.41) is 9.25. The highest BCUT2D eigenvalue weighted by atomic mass is 32.2. The molecule has 0 fully saturated rings. The number of hydrogen-bond donors (Lipinski definition) is 3. The second-order valence-corrected chi connectivity index (χ2v) is 9.95. The van der Waals surface area contributed by atoms with E-state index < -0.39 is 10.0 Å². The number of aromatic nitrogens is 1. The molecule has 0 unspecified atom stereocenters. The predicted octanol–water partition coefficient (Wildman–Crippen LogP) is 4.51. The van der Waals surface area contributed by atoms with Gasteiger partial charge in [-0.25, -0.2) is 13.4 Å². The van der Waals surface area contributed by atoms with Gasteiger partial charge in [-0.1, -0.05) is 6.07 Å². The standard InChI is InChI=1S/C21H16N4O4S3/c26-19(14-3-5-15(6-4-14)24-20(27)18-2-1-12-30-18)23-16-7-9-17(10-8-16)32(28,29)25-21-22-11-13-31-21/h1-13H,(H,22,25)(H,23,26)(H,24,27). The number of hydrogen-bond acceptors (Lipinski definition) is 7. The van der Waals surface area contributed by atoms with Crippen molar-refractivity contribution in [1.29, 1.82) is 0 Å². The van der Waals surface area contributed by atoms with Gasteiger partial charge in [-0.3, -0.25) is 14.3 Å². The van der Waals surface area contributed by atoms with Crippen LogP contribution in [0.15, 0.2) is 82.5 Å². The Labute approximate surface area is 192 Å². The number of carbonyl (C=O) groups is 2. The van der Waals surface area contributed by atoms with Gasteiger partial charge in [-0.15, -0.1) is 22.7 Å². The fraction of sp³-hybridized carbons (Fsp3) is 0. The van der Waals surface area contributed by atoms with Gasteiger partial charge in [-0.05, 0) is 60.0 Å². The van der Waals surface area contributed by atoms with Gasteiger partial charge in [0.25, 0.3) is 21.8 Å². The van der Waals surface area contributed by atoms with Crippen molar-refractivity contribution >= 4 is 61.0 Å². The molecule has 2 heterocycles. The Bertz CT molecular complexity index is 1320. The maximum atomic E-state index is 12.5. The molecule has 11 heteroatoms. The van der Waals surface area contributed by atoms with Crippen LogP contribution in [0.25, 0.3) is 0 Å². The van der Waals surface area contributed by atoms with E-state index in [1.54, 1.807) is 41.8 Å². The first kappa shape index (κ1) is 21.7. The number of amides is 2. The number of benzene rings is 2. The van der Waals surface area contributed by atoms with Gasteiger partial charge in [0, 0.05) is 28.5 Å². The Morgan fingerprint density at radius 2 is 1.44 bits per heavy atom. The highest BCUT2D eigenvalue weighted by Gasteiger charge is 2.16. The van der Waals surface area contributed by atoms with Crippen molar-refractivity contribution in [2.45, 2.75) is 4.90 Å². The highest BCUT2D eigenvalue weighted by Crippen LogP contribution is 2.20. The number of nitrogens with zero attached hydrogens (tertiary/aromatic N) is 1. The van der Waals surface area contributed by atoms with Crippen molar-refractivity contribution in [1.82, 2.24) is 4.98 Å². The van der Waals surface area contributed by atoms with Crippen LogP contribution in [0.1, 0.15) is 20.0 Å². The van der Waals surface area contributed by atoms with E-state index in [-0.39, 0.29) is 21.8 Å². The molecule has 32 heavy (non-hydrogen) atoms. The van der Waals surface area contributed by atoms with Crippen LogP contribution >= 0.6 is 22.7 Å². The number of nitrogens with one attached hydrogen (secondary N) is 3. The zero-order valence-electron chi connectivity index (χ0n) is 16.3. The number of thiophene rings is 1. The minimum atomic E-state index is -3.76. The molecule has 2 amide bonds. The van der Waals surface area contributed by atoms with Crippen LogP contribution in [0.2, 0.25) is 0 Å². The number of anilines is 3. The Balaban J connectivity index is 1.38. The summed E-state index contributed by atoms with van der Waals surface area (Å²) in [6.07, 6.45) is 1.51. The minimum Gasteiger partial charge on any atom is -0.322 e. The van der Waals surface area contributed by atoms with E-state index in [2.05, 4.69) is 20.3 Å². The summed E-state index contributed by atoms with van der Waals surface area (Å²) in [4.78, 5) is 29.1. The van der Waals surface area contributed by atoms with Gasteiger partial charge < -0.3 is 10.6 Å². The van der Waals surface area contributed by atoms with Crippen LogP contribution in [0.5, 0.6) is 0 Å².